The van der Waals surface area contributed by atoms with Crippen LogP contribution in [0.3, 0.4) is 0 Å². The zero-order valence-corrected chi connectivity index (χ0v) is 36.1. The molecule has 0 N–H and O–H groups in total. The van der Waals surface area contributed by atoms with Crippen LogP contribution in [0.15, 0.2) is 249 Å². The predicted molar refractivity (Wildman–Crippen MR) is 271 cm³/mol. The minimum absolute atomic E-state index is 0.103. The second kappa shape index (κ2) is 16.4. The molecule has 11 rings (SSSR count). The van der Waals surface area contributed by atoms with E-state index in [0.29, 0.717) is 0 Å². The molecule has 1 heteroatoms. The van der Waals surface area contributed by atoms with E-state index in [0.717, 1.165) is 17.1 Å². The molecule has 304 valence electrons. The normalized spacial score (nSPS) is 12.3. The Kier molecular flexibility index (Phi) is 9.94. The van der Waals surface area contributed by atoms with Gasteiger partial charge in [0.15, 0.2) is 0 Å². The molecule has 1 nitrogen and oxygen atoms in total. The van der Waals surface area contributed by atoms with E-state index in [-0.39, 0.29) is 5.41 Å². The molecule has 0 aliphatic heterocycles. The van der Waals surface area contributed by atoms with Crippen molar-refractivity contribution in [1.29, 1.82) is 0 Å². The minimum Gasteiger partial charge on any atom is -0.310 e. The zero-order valence-electron chi connectivity index (χ0n) is 36.1. The van der Waals surface area contributed by atoms with E-state index in [1.807, 2.05) is 0 Å². The van der Waals surface area contributed by atoms with Crippen molar-refractivity contribution in [1.82, 2.24) is 0 Å². The van der Waals surface area contributed by atoms with Crippen LogP contribution < -0.4 is 4.90 Å². The molecule has 64 heavy (non-hydrogen) atoms. The van der Waals surface area contributed by atoms with Crippen LogP contribution in [-0.4, -0.2) is 0 Å². The Morgan fingerprint density at radius 3 is 1.11 bits per heavy atom. The quantitative estimate of drug-likeness (QED) is 0.140. The molecule has 0 radical (unpaired) electrons. The highest BCUT2D eigenvalue weighted by Gasteiger charge is 2.35. The van der Waals surface area contributed by atoms with Crippen molar-refractivity contribution < 1.29 is 0 Å². The van der Waals surface area contributed by atoms with Crippen LogP contribution in [0.25, 0.3) is 77.9 Å². The Bertz CT molecular complexity index is 3160. The van der Waals surface area contributed by atoms with Crippen molar-refractivity contribution in [2.75, 3.05) is 4.90 Å². The van der Waals surface area contributed by atoms with Crippen molar-refractivity contribution in [2.45, 2.75) is 19.3 Å². The van der Waals surface area contributed by atoms with Gasteiger partial charge in [-0.05, 0) is 138 Å². The third kappa shape index (κ3) is 7.12. The average molecular weight is 818 g/mol. The lowest BCUT2D eigenvalue weighted by molar-refractivity contribution is 0.660. The van der Waals surface area contributed by atoms with Gasteiger partial charge in [0.2, 0.25) is 0 Å². The summed E-state index contributed by atoms with van der Waals surface area (Å²) in [6.07, 6.45) is 0. The third-order valence-corrected chi connectivity index (χ3v) is 13.1. The van der Waals surface area contributed by atoms with E-state index in [4.69, 9.17) is 0 Å². The van der Waals surface area contributed by atoms with Crippen molar-refractivity contribution in [3.8, 4) is 77.9 Å². The molecule has 0 saturated heterocycles. The minimum atomic E-state index is -0.103. The van der Waals surface area contributed by atoms with Gasteiger partial charge in [0.05, 0.1) is 0 Å². The first-order chi connectivity index (χ1) is 31.5. The number of benzene rings is 10. The molecule has 10 aromatic rings. The molecule has 0 bridgehead atoms. The third-order valence-electron chi connectivity index (χ3n) is 13.1. The fourth-order valence-electron chi connectivity index (χ4n) is 9.79. The monoisotopic (exact) mass is 817 g/mol. The summed E-state index contributed by atoms with van der Waals surface area (Å²) in [7, 11) is 0. The number of anilines is 3. The number of nitrogens with zero attached hydrogens (tertiary/aromatic N) is 1. The highest BCUT2D eigenvalue weighted by Crippen LogP contribution is 2.51. The summed E-state index contributed by atoms with van der Waals surface area (Å²) in [5.41, 5.74) is 23.1. The molecule has 0 heterocycles. The van der Waals surface area contributed by atoms with Crippen molar-refractivity contribution in [3.63, 3.8) is 0 Å². The van der Waals surface area contributed by atoms with Crippen LogP contribution in [0, 0.1) is 0 Å². The fourth-order valence-corrected chi connectivity index (χ4v) is 9.79. The van der Waals surface area contributed by atoms with Crippen molar-refractivity contribution in [2.24, 2.45) is 0 Å². The lowest BCUT2D eigenvalue weighted by Gasteiger charge is -2.28. The highest BCUT2D eigenvalue weighted by atomic mass is 15.1. The van der Waals surface area contributed by atoms with Crippen molar-refractivity contribution >= 4 is 17.1 Å². The smallest absolute Gasteiger partial charge is 0.0465 e. The summed E-state index contributed by atoms with van der Waals surface area (Å²) in [6.45, 7) is 4.70. The molecule has 0 unspecified atom stereocenters. The van der Waals surface area contributed by atoms with Gasteiger partial charge in [0.25, 0.3) is 0 Å². The number of hydrogen-bond donors (Lipinski definition) is 0. The first kappa shape index (κ1) is 38.9. The van der Waals surface area contributed by atoms with Crippen LogP contribution in [0.1, 0.15) is 25.0 Å². The summed E-state index contributed by atoms with van der Waals surface area (Å²) in [5.74, 6) is 0. The van der Waals surface area contributed by atoms with Crippen LogP contribution in [0.4, 0.5) is 17.1 Å². The Hall–Kier alpha value is -8.00. The Morgan fingerprint density at radius 1 is 0.250 bits per heavy atom. The van der Waals surface area contributed by atoms with Gasteiger partial charge >= 0.3 is 0 Å². The lowest BCUT2D eigenvalue weighted by Crippen LogP contribution is -2.16. The van der Waals surface area contributed by atoms with E-state index < -0.39 is 0 Å². The molecule has 10 aromatic carbocycles. The zero-order chi connectivity index (χ0) is 43.0. The second-order valence-electron chi connectivity index (χ2n) is 17.3. The van der Waals surface area contributed by atoms with E-state index in [2.05, 4.69) is 267 Å². The number of rotatable bonds is 9. The Morgan fingerprint density at radius 2 is 0.609 bits per heavy atom. The molecule has 1 aliphatic carbocycles. The maximum absolute atomic E-state index is 2.41. The van der Waals surface area contributed by atoms with Gasteiger partial charge in [-0.2, -0.15) is 0 Å². The van der Waals surface area contributed by atoms with Gasteiger partial charge in [0.1, 0.15) is 0 Å². The van der Waals surface area contributed by atoms with Crippen LogP contribution in [0.5, 0.6) is 0 Å². The van der Waals surface area contributed by atoms with Crippen molar-refractivity contribution in [3.05, 3.63) is 260 Å². The average Bonchev–Trinajstić information content (AvgIpc) is 3.60. The molecule has 0 aromatic heterocycles. The summed E-state index contributed by atoms with van der Waals surface area (Å²) in [4.78, 5) is 2.40. The first-order valence-corrected chi connectivity index (χ1v) is 22.2. The van der Waals surface area contributed by atoms with E-state index in [1.54, 1.807) is 0 Å². The van der Waals surface area contributed by atoms with Crippen LogP contribution in [-0.2, 0) is 5.41 Å². The molecule has 0 amide bonds. The first-order valence-electron chi connectivity index (χ1n) is 22.2. The van der Waals surface area contributed by atoms with Crippen LogP contribution in [0.2, 0.25) is 0 Å². The van der Waals surface area contributed by atoms with Gasteiger partial charge < -0.3 is 4.90 Å². The number of hydrogen-bond acceptors (Lipinski definition) is 1. The van der Waals surface area contributed by atoms with Gasteiger partial charge in [-0.25, -0.2) is 0 Å². The Labute approximate surface area is 377 Å². The van der Waals surface area contributed by atoms with E-state index >= 15 is 0 Å². The summed E-state index contributed by atoms with van der Waals surface area (Å²) < 4.78 is 0. The summed E-state index contributed by atoms with van der Waals surface area (Å²) >= 11 is 0. The largest absolute Gasteiger partial charge is 0.310 e. The SMILES string of the molecule is CC1(C)c2ccccc2-c2ccc(N(c3ccc(-c4ccccc4)cc3)c3ccc(-c4ccc(-c5c(-c6ccccc6)cc(-c6ccccc6)cc5-c5ccccc5)cc4)cc3)cc21. The molecular formula is C63H47N. The second-order valence-corrected chi connectivity index (χ2v) is 17.3. The van der Waals surface area contributed by atoms with Gasteiger partial charge in [-0.15, -0.1) is 0 Å². The van der Waals surface area contributed by atoms with Gasteiger partial charge in [0, 0.05) is 22.5 Å². The maximum atomic E-state index is 2.41. The number of fused-ring (bicyclic) bond motifs is 3. The topological polar surface area (TPSA) is 3.24 Å². The predicted octanol–water partition coefficient (Wildman–Crippen LogP) is 17.5. The summed E-state index contributed by atoms with van der Waals surface area (Å²) in [6, 6.07) is 90.7. The maximum Gasteiger partial charge on any atom is 0.0465 e. The standard InChI is InChI=1S/C63H47N/c1-63(2)60-26-16-15-25-56(60)57-40-39-55(43-61(57)63)64(53-35-31-47(32-36-53)44-17-7-3-8-18-44)54-37-33-48(34-38-54)46-27-29-51(30-28-46)62-58(49-21-11-5-12-22-49)41-52(45-19-9-4-10-20-45)42-59(62)50-23-13-6-14-24-50/h3-43H,1-2H3. The van der Waals surface area contributed by atoms with Gasteiger partial charge in [-0.1, -0.05) is 214 Å². The molecule has 0 fully saturated rings. The molecule has 0 atom stereocenters. The van der Waals surface area contributed by atoms with Gasteiger partial charge in [-0.3, -0.25) is 0 Å². The summed E-state index contributed by atoms with van der Waals surface area (Å²) in [5, 5.41) is 0. The molecular weight excluding hydrogens is 771 g/mol. The molecule has 0 saturated carbocycles. The molecule has 1 aliphatic rings. The fraction of sp³-hybridized carbons (Fsp3) is 0.0476. The highest BCUT2D eigenvalue weighted by molar-refractivity contribution is 5.98. The van der Waals surface area contributed by atoms with E-state index in [9.17, 15) is 0 Å². The van der Waals surface area contributed by atoms with Crippen LogP contribution >= 0.6 is 0 Å². The Balaban J connectivity index is 0.979. The van der Waals surface area contributed by atoms with E-state index in [1.165, 1.54) is 89.0 Å². The lowest BCUT2D eigenvalue weighted by atomic mass is 9.82. The molecule has 0 spiro atoms.